The molecule has 2 aromatic rings. The lowest BCUT2D eigenvalue weighted by Crippen LogP contribution is -2.53. The van der Waals surface area contributed by atoms with Crippen LogP contribution in [0.5, 0.6) is 5.75 Å². The highest BCUT2D eigenvalue weighted by atomic mass is 16.5. The summed E-state index contributed by atoms with van der Waals surface area (Å²) in [5, 5.41) is 3.19. The van der Waals surface area contributed by atoms with Crippen LogP contribution in [0, 0.1) is 0 Å². The molecule has 0 bridgehead atoms. The van der Waals surface area contributed by atoms with Gasteiger partial charge in [-0.05, 0) is 48.8 Å². The topological polar surface area (TPSA) is 58.6 Å². The average molecular weight is 451 g/mol. The molecule has 1 saturated carbocycles. The number of nitrogens with one attached hydrogen (secondary N) is 1. The van der Waals surface area contributed by atoms with Gasteiger partial charge < -0.3 is 15.0 Å². The smallest absolute Gasteiger partial charge is 0.261 e. The van der Waals surface area contributed by atoms with E-state index in [4.69, 9.17) is 4.74 Å². The first-order valence-electron chi connectivity index (χ1n) is 12.3. The fourth-order valence-electron chi connectivity index (χ4n) is 4.57. The third-order valence-corrected chi connectivity index (χ3v) is 6.46. The van der Waals surface area contributed by atoms with Crippen LogP contribution in [0.25, 0.3) is 0 Å². The van der Waals surface area contributed by atoms with Crippen molar-refractivity contribution in [3.63, 3.8) is 0 Å². The first-order chi connectivity index (χ1) is 16.0. The van der Waals surface area contributed by atoms with Crippen LogP contribution < -0.4 is 10.1 Å². The van der Waals surface area contributed by atoms with E-state index in [1.807, 2.05) is 49.4 Å². The van der Waals surface area contributed by atoms with Crippen LogP contribution in [0.1, 0.15) is 69.9 Å². The molecule has 0 spiro atoms. The van der Waals surface area contributed by atoms with Gasteiger partial charge in [0.2, 0.25) is 5.91 Å². The molecular weight excluding hydrogens is 412 g/mol. The maximum atomic E-state index is 13.4. The average Bonchev–Trinajstić information content (AvgIpc) is 3.33. The molecule has 1 fully saturated rings. The minimum Gasteiger partial charge on any atom is -0.483 e. The number of carbonyl (C=O) groups is 2. The van der Waals surface area contributed by atoms with Gasteiger partial charge in [0.05, 0.1) is 0 Å². The molecule has 2 amide bonds. The van der Waals surface area contributed by atoms with Crippen LogP contribution in [-0.4, -0.2) is 41.9 Å². The van der Waals surface area contributed by atoms with E-state index in [2.05, 4.69) is 31.3 Å². The standard InChI is InChI=1S/C28H38N2O3/c1-4-25(28(32)29-23-14-8-9-15-23)30(19-18-22-12-6-5-7-13-22)27(31)20-33-26-17-11-10-16-24(26)21(2)3/h5-7,10-13,16-17,21,23,25H,4,8-9,14-15,18-20H2,1-3H3,(H,29,32). The Hall–Kier alpha value is -2.82. The fourth-order valence-corrected chi connectivity index (χ4v) is 4.57. The summed E-state index contributed by atoms with van der Waals surface area (Å²) >= 11 is 0. The molecule has 5 heteroatoms. The molecule has 0 aromatic heterocycles. The van der Waals surface area contributed by atoms with E-state index in [0.717, 1.165) is 42.6 Å². The molecule has 0 heterocycles. The Morgan fingerprint density at radius 2 is 1.70 bits per heavy atom. The van der Waals surface area contributed by atoms with Crippen molar-refractivity contribution in [2.24, 2.45) is 0 Å². The summed E-state index contributed by atoms with van der Waals surface area (Å²) in [7, 11) is 0. The number of amides is 2. The van der Waals surface area contributed by atoms with Gasteiger partial charge in [-0.15, -0.1) is 0 Å². The van der Waals surface area contributed by atoms with Crippen molar-refractivity contribution >= 4 is 11.8 Å². The minimum absolute atomic E-state index is 0.0478. The molecule has 0 aliphatic heterocycles. The molecular formula is C28H38N2O3. The quantitative estimate of drug-likeness (QED) is 0.518. The van der Waals surface area contributed by atoms with Gasteiger partial charge in [0, 0.05) is 12.6 Å². The largest absolute Gasteiger partial charge is 0.483 e. The van der Waals surface area contributed by atoms with E-state index in [-0.39, 0.29) is 24.5 Å². The summed E-state index contributed by atoms with van der Waals surface area (Å²) < 4.78 is 5.98. The van der Waals surface area contributed by atoms with Crippen LogP contribution in [0.4, 0.5) is 0 Å². The van der Waals surface area contributed by atoms with Crippen LogP contribution in [0.3, 0.4) is 0 Å². The molecule has 1 N–H and O–H groups in total. The second-order valence-corrected chi connectivity index (χ2v) is 9.22. The van der Waals surface area contributed by atoms with Crippen molar-refractivity contribution in [2.75, 3.05) is 13.2 Å². The summed E-state index contributed by atoms with van der Waals surface area (Å²) in [4.78, 5) is 28.3. The lowest BCUT2D eigenvalue weighted by atomic mass is 10.0. The lowest BCUT2D eigenvalue weighted by molar-refractivity contribution is -0.142. The van der Waals surface area contributed by atoms with Crippen LogP contribution in [0.15, 0.2) is 54.6 Å². The molecule has 178 valence electrons. The monoisotopic (exact) mass is 450 g/mol. The number of hydrogen-bond acceptors (Lipinski definition) is 3. The second-order valence-electron chi connectivity index (χ2n) is 9.22. The van der Waals surface area contributed by atoms with Crippen LogP contribution >= 0.6 is 0 Å². The fraction of sp³-hybridized carbons (Fsp3) is 0.500. The molecule has 0 saturated heterocycles. The summed E-state index contributed by atoms with van der Waals surface area (Å²) in [6.45, 7) is 6.59. The molecule has 0 radical (unpaired) electrons. The third-order valence-electron chi connectivity index (χ3n) is 6.46. The zero-order chi connectivity index (χ0) is 23.6. The summed E-state index contributed by atoms with van der Waals surface area (Å²) in [5.74, 6) is 0.824. The number of carbonyl (C=O) groups excluding carboxylic acids is 2. The summed E-state index contributed by atoms with van der Waals surface area (Å²) in [6.07, 6.45) is 5.62. The van der Waals surface area contributed by atoms with Crippen molar-refractivity contribution in [2.45, 2.75) is 77.3 Å². The van der Waals surface area contributed by atoms with Gasteiger partial charge in [0.1, 0.15) is 11.8 Å². The van der Waals surface area contributed by atoms with Crippen molar-refractivity contribution in [1.82, 2.24) is 10.2 Å². The van der Waals surface area contributed by atoms with E-state index in [1.54, 1.807) is 4.90 Å². The Morgan fingerprint density at radius 1 is 1.03 bits per heavy atom. The SMILES string of the molecule is CCC(C(=O)NC1CCCC1)N(CCc1ccccc1)C(=O)COc1ccccc1C(C)C. The summed E-state index contributed by atoms with van der Waals surface area (Å²) in [5.41, 5.74) is 2.22. The normalized spacial score (nSPS) is 14.8. The van der Waals surface area contributed by atoms with E-state index in [9.17, 15) is 9.59 Å². The molecule has 33 heavy (non-hydrogen) atoms. The minimum atomic E-state index is -0.495. The Kier molecular flexibility index (Phi) is 9.35. The Labute approximate surface area is 198 Å². The Morgan fingerprint density at radius 3 is 2.36 bits per heavy atom. The number of hydrogen-bond donors (Lipinski definition) is 1. The van der Waals surface area contributed by atoms with Gasteiger partial charge in [0.25, 0.3) is 5.91 Å². The molecule has 1 atom stereocenters. The predicted molar refractivity (Wildman–Crippen MR) is 132 cm³/mol. The van der Waals surface area contributed by atoms with Gasteiger partial charge in [-0.25, -0.2) is 0 Å². The Bertz CT molecular complexity index is 891. The van der Waals surface area contributed by atoms with Crippen molar-refractivity contribution in [3.8, 4) is 5.75 Å². The summed E-state index contributed by atoms with van der Waals surface area (Å²) in [6, 6.07) is 17.7. The van der Waals surface area contributed by atoms with E-state index < -0.39 is 6.04 Å². The highest BCUT2D eigenvalue weighted by Gasteiger charge is 2.30. The number of benzene rings is 2. The zero-order valence-corrected chi connectivity index (χ0v) is 20.3. The third kappa shape index (κ3) is 7.08. The Balaban J connectivity index is 1.73. The second kappa shape index (κ2) is 12.4. The number of rotatable bonds is 11. The van der Waals surface area contributed by atoms with Gasteiger partial charge in [-0.3, -0.25) is 9.59 Å². The van der Waals surface area contributed by atoms with E-state index in [0.29, 0.717) is 25.3 Å². The van der Waals surface area contributed by atoms with Gasteiger partial charge >= 0.3 is 0 Å². The molecule has 3 rings (SSSR count). The van der Waals surface area contributed by atoms with Gasteiger partial charge in [0.15, 0.2) is 6.61 Å². The lowest BCUT2D eigenvalue weighted by Gasteiger charge is -2.31. The van der Waals surface area contributed by atoms with E-state index in [1.165, 1.54) is 0 Å². The molecule has 5 nitrogen and oxygen atoms in total. The molecule has 1 aliphatic carbocycles. The first-order valence-corrected chi connectivity index (χ1v) is 12.3. The number of para-hydroxylation sites is 1. The molecule has 2 aromatic carbocycles. The molecule has 1 aliphatic rings. The number of ether oxygens (including phenoxy) is 1. The maximum Gasteiger partial charge on any atom is 0.261 e. The first kappa shape index (κ1) is 24.8. The van der Waals surface area contributed by atoms with Crippen molar-refractivity contribution in [1.29, 1.82) is 0 Å². The zero-order valence-electron chi connectivity index (χ0n) is 20.3. The highest BCUT2D eigenvalue weighted by molar-refractivity contribution is 5.88. The maximum absolute atomic E-state index is 13.4. The predicted octanol–water partition coefficient (Wildman–Crippen LogP) is 5.10. The van der Waals surface area contributed by atoms with E-state index >= 15 is 0 Å². The van der Waals surface area contributed by atoms with Crippen LogP contribution in [0.2, 0.25) is 0 Å². The van der Waals surface area contributed by atoms with Crippen LogP contribution in [-0.2, 0) is 16.0 Å². The van der Waals surface area contributed by atoms with Gasteiger partial charge in [-0.1, -0.05) is 82.1 Å². The van der Waals surface area contributed by atoms with Crippen molar-refractivity contribution in [3.05, 3.63) is 65.7 Å². The van der Waals surface area contributed by atoms with Gasteiger partial charge in [-0.2, -0.15) is 0 Å². The highest BCUT2D eigenvalue weighted by Crippen LogP contribution is 2.26. The number of nitrogens with zero attached hydrogens (tertiary/aromatic N) is 1. The molecule has 1 unspecified atom stereocenters. The van der Waals surface area contributed by atoms with Crippen molar-refractivity contribution < 1.29 is 14.3 Å².